The largest absolute Gasteiger partial charge is 0.348 e. The van der Waals surface area contributed by atoms with Crippen molar-refractivity contribution >= 4 is 157 Å². The first-order chi connectivity index (χ1) is 49.8. The van der Waals surface area contributed by atoms with Crippen molar-refractivity contribution in [2.45, 2.75) is 0 Å². The average molecular weight is 1330 g/mol. The SMILES string of the molecule is CN(C)C(=Nc1cccc2ccccc12)N(C)C(=Nc1cccc2ccccc12)N(C)C(=Nc1cccc2ccccc12)N(C)C(=Nc1cccc2ccccc12)N(C)C(=Nc1cccc2ccccc12)N(C)C(=Nc1cccc2ccccc12)N(C)C(=Nc1cccc2ccccc12)N(C)C. The summed E-state index contributed by atoms with van der Waals surface area (Å²) in [5.74, 6) is 3.52. The summed E-state index contributed by atoms with van der Waals surface area (Å²) in [5, 5.41) is 14.1. The van der Waals surface area contributed by atoms with Crippen molar-refractivity contribution in [1.82, 2.24) is 39.2 Å². The molecule has 0 amide bonds. The molecule has 0 bridgehead atoms. The summed E-state index contributed by atoms with van der Waals surface area (Å²) in [6.45, 7) is 0. The standard InChI is InChI=1S/C87H79N15/c1-95(2)81(88-74-53-25-39-60-32-11-18-46-67(60)74)97(5)83(90-76-55-27-41-62-34-13-20-48-69(62)76)99(7)85(92-78-57-29-43-64-36-15-22-50-71(64)78)101(9)87(94-80-59-31-45-66-38-17-24-52-73(66)80)102(10)86(93-79-58-30-44-65-37-16-23-51-72(65)79)100(8)84(91-77-56-28-42-63-35-14-21-49-70(63)77)98(6)82(96(3)4)89-75-54-26-40-61-33-12-19-47-68(61)75/h11-59H,1-10H3. The molecule has 0 heterocycles. The van der Waals surface area contributed by atoms with Crippen LogP contribution in [0.5, 0.6) is 0 Å². The fourth-order valence-corrected chi connectivity index (χ4v) is 13.3. The molecule has 0 unspecified atom stereocenters. The fourth-order valence-electron chi connectivity index (χ4n) is 13.3. The molecule has 0 aliphatic rings. The molecule has 14 aromatic carbocycles. The van der Waals surface area contributed by atoms with Gasteiger partial charge in [-0.1, -0.05) is 255 Å². The first kappa shape index (κ1) is 66.2. The number of rotatable bonds is 7. The van der Waals surface area contributed by atoms with Crippen molar-refractivity contribution in [3.05, 3.63) is 297 Å². The molecule has 0 radical (unpaired) electrons. The van der Waals surface area contributed by atoms with Gasteiger partial charge in [0.15, 0.2) is 0 Å². The lowest BCUT2D eigenvalue weighted by atomic mass is 10.1. The molecule has 0 aromatic heterocycles. The minimum atomic E-state index is 0.428. The Labute approximate surface area is 595 Å². The van der Waals surface area contributed by atoms with E-state index in [2.05, 4.69) is 297 Å². The Morgan fingerprint density at radius 1 is 0.157 bits per heavy atom. The average Bonchev–Trinajstić information content (AvgIpc) is 0.780. The van der Waals surface area contributed by atoms with Gasteiger partial charge >= 0.3 is 0 Å². The smallest absolute Gasteiger partial charge is 0.215 e. The number of fused-ring (bicyclic) bond motifs is 7. The van der Waals surface area contributed by atoms with E-state index in [1.54, 1.807) is 0 Å². The molecule has 0 saturated heterocycles. The van der Waals surface area contributed by atoms with Crippen molar-refractivity contribution in [1.29, 1.82) is 0 Å². The lowest BCUT2D eigenvalue weighted by molar-refractivity contribution is 0.467. The summed E-state index contributed by atoms with van der Waals surface area (Å²) in [6, 6.07) is 102. The van der Waals surface area contributed by atoms with Crippen LogP contribution in [0, 0.1) is 0 Å². The van der Waals surface area contributed by atoms with Crippen LogP contribution in [0.1, 0.15) is 0 Å². The third kappa shape index (κ3) is 13.5. The van der Waals surface area contributed by atoms with Crippen molar-refractivity contribution in [3.63, 3.8) is 0 Å². The third-order valence-electron chi connectivity index (χ3n) is 18.3. The van der Waals surface area contributed by atoms with Gasteiger partial charge < -0.3 is 9.80 Å². The zero-order valence-corrected chi connectivity index (χ0v) is 59.0. The normalized spacial score (nSPS) is 12.6. The Balaban J connectivity index is 1.04. The first-order valence-electron chi connectivity index (χ1n) is 34.0. The molecule has 0 N–H and O–H groups in total. The van der Waals surface area contributed by atoms with Gasteiger partial charge in [0.05, 0.1) is 39.8 Å². The van der Waals surface area contributed by atoms with E-state index < -0.39 is 0 Å². The molecule has 0 fully saturated rings. The molecular weight excluding hydrogens is 1260 g/mol. The zero-order valence-electron chi connectivity index (χ0n) is 59.0. The minimum Gasteiger partial charge on any atom is -0.348 e. The Morgan fingerprint density at radius 3 is 0.441 bits per heavy atom. The molecule has 15 heteroatoms. The maximum absolute atomic E-state index is 5.94. The van der Waals surface area contributed by atoms with Crippen molar-refractivity contribution in [2.24, 2.45) is 34.9 Å². The Bertz CT molecular complexity index is 5360. The topological polar surface area (TPSA) is 112 Å². The van der Waals surface area contributed by atoms with Gasteiger partial charge in [0.2, 0.25) is 41.7 Å². The predicted octanol–water partition coefficient (Wildman–Crippen LogP) is 19.6. The number of hydrogen-bond donors (Lipinski definition) is 0. The first-order valence-corrected chi connectivity index (χ1v) is 34.0. The summed E-state index contributed by atoms with van der Waals surface area (Å²) >= 11 is 0. The molecule has 14 aromatic rings. The van der Waals surface area contributed by atoms with E-state index in [1.165, 1.54) is 0 Å². The van der Waals surface area contributed by atoms with E-state index in [1.807, 2.05) is 110 Å². The summed E-state index contributed by atoms with van der Waals surface area (Å²) in [4.78, 5) is 56.7. The van der Waals surface area contributed by atoms with Gasteiger partial charge in [-0.05, 0) is 80.2 Å². The molecule has 0 saturated carbocycles. The highest BCUT2D eigenvalue weighted by molar-refractivity contribution is 6.18. The van der Waals surface area contributed by atoms with Crippen LogP contribution in [0.25, 0.3) is 75.4 Å². The van der Waals surface area contributed by atoms with Crippen LogP contribution in [-0.2, 0) is 0 Å². The van der Waals surface area contributed by atoms with Gasteiger partial charge in [-0.25, -0.2) is 34.9 Å². The third-order valence-corrected chi connectivity index (χ3v) is 18.3. The molecule has 0 atom stereocenters. The fraction of sp³-hybridized carbons (Fsp3) is 0.115. The molecular formula is C87H79N15. The maximum Gasteiger partial charge on any atom is 0.215 e. The highest BCUT2D eigenvalue weighted by atomic mass is 15.6. The lowest BCUT2D eigenvalue weighted by Crippen LogP contribution is -2.58. The maximum atomic E-state index is 5.94. The number of guanidine groups is 7. The van der Waals surface area contributed by atoms with Crippen molar-refractivity contribution in [2.75, 3.05) is 70.5 Å². The van der Waals surface area contributed by atoms with E-state index in [0.717, 1.165) is 98.2 Å². The summed E-state index contributed by atoms with van der Waals surface area (Å²) in [6.07, 6.45) is 0. The molecule has 102 heavy (non-hydrogen) atoms. The van der Waals surface area contributed by atoms with E-state index in [9.17, 15) is 0 Å². The number of hydrogen-bond acceptors (Lipinski definition) is 7. The monoisotopic (exact) mass is 1330 g/mol. The second kappa shape index (κ2) is 29.2. The van der Waals surface area contributed by atoms with Gasteiger partial charge in [-0.3, -0.25) is 29.4 Å². The van der Waals surface area contributed by atoms with Crippen LogP contribution in [0.2, 0.25) is 0 Å². The second-order valence-corrected chi connectivity index (χ2v) is 25.5. The number of benzene rings is 14. The minimum absolute atomic E-state index is 0.428. The molecule has 14 rings (SSSR count). The predicted molar refractivity (Wildman–Crippen MR) is 431 cm³/mol. The molecule has 0 spiro atoms. The van der Waals surface area contributed by atoms with E-state index in [0.29, 0.717) is 58.8 Å². The van der Waals surface area contributed by atoms with Crippen molar-refractivity contribution < 1.29 is 0 Å². The van der Waals surface area contributed by atoms with Gasteiger partial charge in [-0.2, -0.15) is 0 Å². The molecule has 0 aliphatic carbocycles. The Kier molecular flexibility index (Phi) is 19.0. The van der Waals surface area contributed by atoms with Gasteiger partial charge in [0.1, 0.15) is 0 Å². The van der Waals surface area contributed by atoms with Gasteiger partial charge in [0.25, 0.3) is 0 Å². The summed E-state index contributed by atoms with van der Waals surface area (Å²) in [7, 11) is 20.1. The zero-order chi connectivity index (χ0) is 70.4. The van der Waals surface area contributed by atoms with E-state index in [-0.39, 0.29) is 0 Å². The number of aliphatic imine (C=N–C) groups is 7. The highest BCUT2D eigenvalue weighted by Gasteiger charge is 2.34. The lowest BCUT2D eigenvalue weighted by Gasteiger charge is -2.39. The van der Waals surface area contributed by atoms with Crippen LogP contribution >= 0.6 is 0 Å². The van der Waals surface area contributed by atoms with Crippen LogP contribution in [0.15, 0.2) is 332 Å². The van der Waals surface area contributed by atoms with Crippen LogP contribution < -0.4 is 0 Å². The van der Waals surface area contributed by atoms with E-state index >= 15 is 0 Å². The summed E-state index contributed by atoms with van der Waals surface area (Å²) < 4.78 is 0. The second-order valence-electron chi connectivity index (χ2n) is 25.5. The number of nitrogens with zero attached hydrogens (tertiary/aromatic N) is 15. The molecule has 502 valence electrons. The summed E-state index contributed by atoms with van der Waals surface area (Å²) in [5.41, 5.74) is 5.23. The molecule has 0 aliphatic heterocycles. The Hall–Kier alpha value is -13.0. The quantitative estimate of drug-likeness (QED) is 0.115. The van der Waals surface area contributed by atoms with E-state index in [4.69, 9.17) is 34.9 Å². The van der Waals surface area contributed by atoms with Crippen LogP contribution in [-0.4, -0.2) is 151 Å². The molecule has 15 nitrogen and oxygen atoms in total. The van der Waals surface area contributed by atoms with Crippen LogP contribution in [0.4, 0.5) is 39.8 Å². The highest BCUT2D eigenvalue weighted by Crippen LogP contribution is 2.35. The van der Waals surface area contributed by atoms with Gasteiger partial charge in [0, 0.05) is 108 Å². The van der Waals surface area contributed by atoms with Crippen LogP contribution in [0.3, 0.4) is 0 Å². The van der Waals surface area contributed by atoms with Crippen molar-refractivity contribution in [3.8, 4) is 0 Å². The Morgan fingerprint density at radius 2 is 0.284 bits per heavy atom. The van der Waals surface area contributed by atoms with Gasteiger partial charge in [-0.15, -0.1) is 0 Å².